The topological polar surface area (TPSA) is 99.4 Å². The molecule has 0 saturated heterocycles. The van der Waals surface area contributed by atoms with E-state index in [4.69, 9.17) is 14.5 Å². The Hall–Kier alpha value is -1.72. The maximum absolute atomic E-state index is 9.52. The molecule has 0 unspecified atom stereocenters. The lowest BCUT2D eigenvalue weighted by molar-refractivity contribution is -0.0452. The standard InChI is InChI=1S/C13H15BO6/c15-7-1-2-8-19-10-4-3-9-5-6-14(18)20-12(9)11(10)13(16)17/h3-4,13,15-18H,5-8H2. The minimum Gasteiger partial charge on any atom is -0.535 e. The number of aryl methyl sites for hydroxylation is 1. The minimum atomic E-state index is -1.78. The number of aliphatic hydroxyl groups is 3. The average Bonchev–Trinajstić information content (AvgIpc) is 2.42. The number of benzene rings is 1. The lowest BCUT2D eigenvalue weighted by Crippen LogP contribution is -2.28. The quantitative estimate of drug-likeness (QED) is 0.337. The number of ether oxygens (including phenoxy) is 1. The van der Waals surface area contributed by atoms with Crippen LogP contribution in [0.3, 0.4) is 0 Å². The number of hydrogen-bond donors (Lipinski definition) is 4. The summed E-state index contributed by atoms with van der Waals surface area (Å²) < 4.78 is 10.6. The third-order valence-corrected chi connectivity index (χ3v) is 2.91. The van der Waals surface area contributed by atoms with E-state index in [1.165, 1.54) is 0 Å². The van der Waals surface area contributed by atoms with Gasteiger partial charge in [0.2, 0.25) is 0 Å². The zero-order valence-electron chi connectivity index (χ0n) is 10.7. The first kappa shape index (κ1) is 14.7. The van der Waals surface area contributed by atoms with Crippen LogP contribution in [0.2, 0.25) is 6.32 Å². The summed E-state index contributed by atoms with van der Waals surface area (Å²) in [5.74, 6) is 5.45. The van der Waals surface area contributed by atoms with Crippen molar-refractivity contribution in [2.24, 2.45) is 0 Å². The Morgan fingerprint density at radius 1 is 1.35 bits per heavy atom. The molecule has 7 heteroatoms. The van der Waals surface area contributed by atoms with Gasteiger partial charge < -0.3 is 29.7 Å². The maximum atomic E-state index is 9.52. The fraction of sp³-hybridized carbons (Fsp3) is 0.385. The molecule has 1 aromatic carbocycles. The van der Waals surface area contributed by atoms with Crippen molar-refractivity contribution in [3.63, 3.8) is 0 Å². The molecule has 1 heterocycles. The molecule has 4 N–H and O–H groups in total. The molecule has 6 nitrogen and oxygen atoms in total. The Morgan fingerprint density at radius 3 is 2.85 bits per heavy atom. The Bertz CT molecular complexity index is 534. The molecule has 0 radical (unpaired) electrons. The Morgan fingerprint density at radius 2 is 2.15 bits per heavy atom. The van der Waals surface area contributed by atoms with Crippen molar-refractivity contribution in [1.82, 2.24) is 0 Å². The molecule has 0 spiro atoms. The summed E-state index contributed by atoms with van der Waals surface area (Å²) in [5.41, 5.74) is 0.860. The zero-order valence-corrected chi connectivity index (χ0v) is 10.7. The van der Waals surface area contributed by atoms with Crippen molar-refractivity contribution in [2.45, 2.75) is 19.0 Å². The first-order chi connectivity index (χ1) is 9.63. The summed E-state index contributed by atoms with van der Waals surface area (Å²) in [4.78, 5) is 0. The molecule has 0 aromatic heterocycles. The van der Waals surface area contributed by atoms with Crippen LogP contribution in [0.15, 0.2) is 12.1 Å². The van der Waals surface area contributed by atoms with E-state index in [9.17, 15) is 15.2 Å². The van der Waals surface area contributed by atoms with Gasteiger partial charge in [-0.1, -0.05) is 17.9 Å². The van der Waals surface area contributed by atoms with Crippen LogP contribution in [-0.4, -0.2) is 40.7 Å². The summed E-state index contributed by atoms with van der Waals surface area (Å²) in [7, 11) is -0.968. The van der Waals surface area contributed by atoms with E-state index in [1.807, 2.05) is 0 Å². The summed E-state index contributed by atoms with van der Waals surface area (Å²) in [6.07, 6.45) is -0.743. The minimum absolute atomic E-state index is 0.00161. The second-order valence-corrected chi connectivity index (χ2v) is 4.25. The third kappa shape index (κ3) is 3.24. The summed E-state index contributed by atoms with van der Waals surface area (Å²) >= 11 is 0. The highest BCUT2D eigenvalue weighted by Crippen LogP contribution is 2.39. The van der Waals surface area contributed by atoms with Gasteiger partial charge in [0.1, 0.15) is 24.7 Å². The molecule has 20 heavy (non-hydrogen) atoms. The number of rotatable bonds is 3. The highest BCUT2D eigenvalue weighted by atomic mass is 16.5. The van der Waals surface area contributed by atoms with Gasteiger partial charge in [0.15, 0.2) is 6.29 Å². The normalized spacial score (nSPS) is 13.3. The molecular formula is C13H15BO6. The van der Waals surface area contributed by atoms with Gasteiger partial charge >= 0.3 is 7.12 Å². The molecular weight excluding hydrogens is 263 g/mol. The van der Waals surface area contributed by atoms with E-state index >= 15 is 0 Å². The smallest absolute Gasteiger partial charge is 0.522 e. The van der Waals surface area contributed by atoms with Crippen LogP contribution in [0.25, 0.3) is 0 Å². The van der Waals surface area contributed by atoms with E-state index in [0.717, 1.165) is 5.56 Å². The largest absolute Gasteiger partial charge is 0.535 e. The van der Waals surface area contributed by atoms with Gasteiger partial charge in [0.05, 0.1) is 5.56 Å². The van der Waals surface area contributed by atoms with Crippen LogP contribution in [0, 0.1) is 11.8 Å². The molecule has 106 valence electrons. The lowest BCUT2D eigenvalue weighted by Gasteiger charge is -2.24. The highest BCUT2D eigenvalue weighted by molar-refractivity contribution is 6.44. The summed E-state index contributed by atoms with van der Waals surface area (Å²) in [6.45, 7) is -0.264. The van der Waals surface area contributed by atoms with E-state index < -0.39 is 13.4 Å². The zero-order chi connectivity index (χ0) is 14.5. The second kappa shape index (κ2) is 6.63. The van der Waals surface area contributed by atoms with Crippen molar-refractivity contribution in [2.75, 3.05) is 13.2 Å². The van der Waals surface area contributed by atoms with Crippen LogP contribution in [-0.2, 0) is 6.42 Å². The van der Waals surface area contributed by atoms with E-state index in [0.29, 0.717) is 12.7 Å². The molecule has 0 fully saturated rings. The highest BCUT2D eigenvalue weighted by Gasteiger charge is 2.29. The molecule has 0 atom stereocenters. The van der Waals surface area contributed by atoms with Crippen molar-refractivity contribution < 1.29 is 29.7 Å². The Balaban J connectivity index is 2.30. The van der Waals surface area contributed by atoms with E-state index in [2.05, 4.69) is 11.8 Å². The predicted molar refractivity (Wildman–Crippen MR) is 71.1 cm³/mol. The monoisotopic (exact) mass is 278 g/mol. The van der Waals surface area contributed by atoms with Gasteiger partial charge in [-0.15, -0.1) is 0 Å². The van der Waals surface area contributed by atoms with Crippen molar-refractivity contribution in [3.8, 4) is 23.3 Å². The van der Waals surface area contributed by atoms with Gasteiger partial charge in [0.25, 0.3) is 0 Å². The number of hydrogen-bond acceptors (Lipinski definition) is 6. The number of fused-ring (bicyclic) bond motifs is 1. The van der Waals surface area contributed by atoms with E-state index in [-0.39, 0.29) is 30.3 Å². The maximum Gasteiger partial charge on any atom is 0.522 e. The molecule has 0 amide bonds. The average molecular weight is 278 g/mol. The first-order valence-electron chi connectivity index (χ1n) is 6.19. The van der Waals surface area contributed by atoms with Crippen LogP contribution in [0.1, 0.15) is 17.4 Å². The van der Waals surface area contributed by atoms with Gasteiger partial charge in [-0.25, -0.2) is 0 Å². The van der Waals surface area contributed by atoms with Crippen molar-refractivity contribution in [1.29, 1.82) is 0 Å². The van der Waals surface area contributed by atoms with Gasteiger partial charge in [-0.05, 0) is 24.4 Å². The van der Waals surface area contributed by atoms with Crippen LogP contribution in [0.4, 0.5) is 0 Å². The first-order valence-corrected chi connectivity index (χ1v) is 6.19. The van der Waals surface area contributed by atoms with Crippen LogP contribution < -0.4 is 9.39 Å². The lowest BCUT2D eigenvalue weighted by atomic mass is 9.78. The van der Waals surface area contributed by atoms with Gasteiger partial charge in [-0.2, -0.15) is 0 Å². The summed E-state index contributed by atoms with van der Waals surface area (Å²) in [6, 6.07) is 3.36. The molecule has 0 aliphatic carbocycles. The fourth-order valence-electron chi connectivity index (χ4n) is 2.03. The molecule has 1 aromatic rings. The molecule has 0 bridgehead atoms. The van der Waals surface area contributed by atoms with Gasteiger partial charge in [0, 0.05) is 0 Å². The fourth-order valence-corrected chi connectivity index (χ4v) is 2.03. The SMILES string of the molecule is OCC#CCOc1ccc2c(c1C(O)O)OB(O)CC2. The van der Waals surface area contributed by atoms with Gasteiger partial charge in [-0.3, -0.25) is 0 Å². The van der Waals surface area contributed by atoms with Crippen molar-refractivity contribution in [3.05, 3.63) is 23.3 Å². The molecule has 2 rings (SSSR count). The Kier molecular flexibility index (Phi) is 4.87. The van der Waals surface area contributed by atoms with Crippen LogP contribution in [0.5, 0.6) is 11.5 Å². The summed E-state index contributed by atoms with van der Waals surface area (Å²) in [5, 5.41) is 37.0. The van der Waals surface area contributed by atoms with E-state index in [1.54, 1.807) is 12.1 Å². The molecule has 1 aliphatic heterocycles. The Labute approximate surface area is 116 Å². The molecule has 0 saturated carbocycles. The van der Waals surface area contributed by atoms with Crippen molar-refractivity contribution >= 4 is 7.12 Å². The predicted octanol–water partition coefficient (Wildman–Crippen LogP) is -0.540. The van der Waals surface area contributed by atoms with Crippen LogP contribution >= 0.6 is 0 Å². The second-order valence-electron chi connectivity index (χ2n) is 4.25. The number of aliphatic hydroxyl groups excluding tert-OH is 2. The third-order valence-electron chi connectivity index (χ3n) is 2.91. The molecule has 1 aliphatic rings.